The van der Waals surface area contributed by atoms with Crippen LogP contribution in [0.3, 0.4) is 0 Å². The topological polar surface area (TPSA) is 172 Å². The fraction of sp³-hybridized carbons (Fsp3) is 0.786. The molecule has 0 spiro atoms. The highest BCUT2D eigenvalue weighted by atomic mass is 31.2. The van der Waals surface area contributed by atoms with Crippen LogP contribution in [0, 0.1) is 0 Å². The molecule has 0 fully saturated rings. The molecule has 54 heavy (non-hydrogen) atoms. The van der Waals surface area contributed by atoms with Crippen LogP contribution in [0.15, 0.2) is 36.5 Å². The summed E-state index contributed by atoms with van der Waals surface area (Å²) >= 11 is 0. The Bertz CT molecular complexity index is 1060. The van der Waals surface area contributed by atoms with Crippen LogP contribution in [0.25, 0.3) is 0 Å². The molecule has 4 N–H and O–H groups in total. The molecule has 0 amide bonds. The maximum absolute atomic E-state index is 12.6. The summed E-state index contributed by atoms with van der Waals surface area (Å²) in [7, 11) is -4.72. The summed E-state index contributed by atoms with van der Waals surface area (Å²) < 4.78 is 32.6. The molecule has 0 radical (unpaired) electrons. The normalized spacial score (nSPS) is 14.1. The first kappa shape index (κ1) is 51.7. The summed E-state index contributed by atoms with van der Waals surface area (Å²) in [6.45, 7) is 2.73. The van der Waals surface area contributed by atoms with Crippen LogP contribution in [0.2, 0.25) is 0 Å². The zero-order valence-corrected chi connectivity index (χ0v) is 34.7. The molecular formula is C42H76NO10P. The fourth-order valence-electron chi connectivity index (χ4n) is 5.49. The van der Waals surface area contributed by atoms with Crippen LogP contribution in [-0.4, -0.2) is 59.9 Å². The van der Waals surface area contributed by atoms with Gasteiger partial charge in [0.2, 0.25) is 0 Å². The van der Waals surface area contributed by atoms with E-state index in [1.807, 2.05) is 0 Å². The number of carboxylic acids is 1. The Labute approximate surface area is 327 Å². The molecule has 0 aromatic rings. The van der Waals surface area contributed by atoms with Crippen molar-refractivity contribution < 1.29 is 47.5 Å². The summed E-state index contributed by atoms with van der Waals surface area (Å²) in [5.74, 6) is -2.42. The van der Waals surface area contributed by atoms with E-state index >= 15 is 0 Å². The third kappa shape index (κ3) is 36.7. The molecule has 0 aromatic carbocycles. The number of rotatable bonds is 39. The lowest BCUT2D eigenvalue weighted by Crippen LogP contribution is -2.34. The Kier molecular flexibility index (Phi) is 36.0. The van der Waals surface area contributed by atoms with Gasteiger partial charge in [0.1, 0.15) is 12.6 Å². The Morgan fingerprint density at radius 1 is 0.574 bits per heavy atom. The zero-order chi connectivity index (χ0) is 40.0. The van der Waals surface area contributed by atoms with Crippen LogP contribution in [0.4, 0.5) is 0 Å². The number of carbonyl (C=O) groups is 3. The third-order valence-corrected chi connectivity index (χ3v) is 9.81. The molecule has 314 valence electrons. The summed E-state index contributed by atoms with van der Waals surface area (Å²) in [5, 5.41) is 8.88. The second kappa shape index (κ2) is 37.6. The highest BCUT2D eigenvalue weighted by Crippen LogP contribution is 2.43. The number of hydrogen-bond acceptors (Lipinski definition) is 9. The smallest absolute Gasteiger partial charge is 0.472 e. The minimum absolute atomic E-state index is 0.152. The maximum atomic E-state index is 12.6. The molecule has 0 aromatic heterocycles. The molecule has 0 aliphatic carbocycles. The number of hydrogen-bond donors (Lipinski definition) is 3. The van der Waals surface area contributed by atoms with Gasteiger partial charge in [-0.15, -0.1) is 0 Å². The Morgan fingerprint density at radius 2 is 1.00 bits per heavy atom. The average molecular weight is 786 g/mol. The van der Waals surface area contributed by atoms with Crippen LogP contribution in [0.1, 0.15) is 181 Å². The molecule has 0 saturated carbocycles. The van der Waals surface area contributed by atoms with Crippen molar-refractivity contribution in [3.8, 4) is 0 Å². The van der Waals surface area contributed by atoms with Gasteiger partial charge in [0.25, 0.3) is 0 Å². The van der Waals surface area contributed by atoms with E-state index in [0.29, 0.717) is 12.8 Å². The number of aliphatic carboxylic acids is 1. The number of unbranched alkanes of at least 4 members (excludes halogenated alkanes) is 19. The Morgan fingerprint density at radius 3 is 1.56 bits per heavy atom. The molecule has 0 bridgehead atoms. The maximum Gasteiger partial charge on any atom is 0.472 e. The molecular weight excluding hydrogens is 709 g/mol. The molecule has 0 aliphatic rings. The van der Waals surface area contributed by atoms with E-state index in [1.54, 1.807) is 0 Å². The molecule has 12 heteroatoms. The van der Waals surface area contributed by atoms with Gasteiger partial charge in [-0.05, 0) is 64.2 Å². The van der Waals surface area contributed by atoms with E-state index in [9.17, 15) is 23.8 Å². The first-order valence-electron chi connectivity index (χ1n) is 21.0. The minimum Gasteiger partial charge on any atom is -0.480 e. The third-order valence-electron chi connectivity index (χ3n) is 8.86. The SMILES string of the molecule is CCCC/C=C/CCCCCCCCCCCC(=O)O[C@H](COC(=O)CCCC/C=C/C/C=C/CCCCCCCC)COP(=O)(O)OC[C@H](N)C(=O)O. The van der Waals surface area contributed by atoms with Gasteiger partial charge >= 0.3 is 25.7 Å². The van der Waals surface area contributed by atoms with E-state index in [-0.39, 0.29) is 19.4 Å². The number of carboxylic acid groups (broad SMARTS) is 1. The van der Waals surface area contributed by atoms with Gasteiger partial charge in [0, 0.05) is 12.8 Å². The number of allylic oxidation sites excluding steroid dienone is 6. The van der Waals surface area contributed by atoms with Gasteiger partial charge in [-0.1, -0.05) is 140 Å². The van der Waals surface area contributed by atoms with Crippen molar-refractivity contribution in [2.24, 2.45) is 5.73 Å². The number of phosphoric ester groups is 1. The van der Waals surface area contributed by atoms with Crippen molar-refractivity contribution in [2.45, 2.75) is 193 Å². The summed E-state index contributed by atoms with van der Waals surface area (Å²) in [6, 6.07) is -1.52. The summed E-state index contributed by atoms with van der Waals surface area (Å²) in [5.41, 5.74) is 5.32. The zero-order valence-electron chi connectivity index (χ0n) is 33.8. The highest BCUT2D eigenvalue weighted by Gasteiger charge is 2.28. The highest BCUT2D eigenvalue weighted by molar-refractivity contribution is 7.47. The van der Waals surface area contributed by atoms with Crippen LogP contribution < -0.4 is 5.73 Å². The molecule has 1 unspecified atom stereocenters. The van der Waals surface area contributed by atoms with Crippen molar-refractivity contribution in [1.82, 2.24) is 0 Å². The van der Waals surface area contributed by atoms with Crippen molar-refractivity contribution >= 4 is 25.7 Å². The number of phosphoric acid groups is 1. The molecule has 3 atom stereocenters. The van der Waals surface area contributed by atoms with Crippen molar-refractivity contribution in [1.29, 1.82) is 0 Å². The van der Waals surface area contributed by atoms with Crippen molar-refractivity contribution in [3.63, 3.8) is 0 Å². The molecule has 0 rings (SSSR count). The molecule has 0 heterocycles. The number of esters is 2. The number of ether oxygens (including phenoxy) is 2. The van der Waals surface area contributed by atoms with Crippen LogP contribution in [-0.2, 0) is 37.5 Å². The monoisotopic (exact) mass is 786 g/mol. The van der Waals surface area contributed by atoms with Crippen molar-refractivity contribution in [3.05, 3.63) is 36.5 Å². The van der Waals surface area contributed by atoms with Gasteiger partial charge < -0.3 is 25.2 Å². The van der Waals surface area contributed by atoms with Gasteiger partial charge in [0.15, 0.2) is 6.10 Å². The average Bonchev–Trinajstić information content (AvgIpc) is 3.14. The van der Waals surface area contributed by atoms with Crippen molar-refractivity contribution in [2.75, 3.05) is 19.8 Å². The first-order valence-corrected chi connectivity index (χ1v) is 22.5. The predicted octanol–water partition coefficient (Wildman–Crippen LogP) is 10.8. The quantitative estimate of drug-likeness (QED) is 0.0234. The van der Waals surface area contributed by atoms with E-state index in [2.05, 4.69) is 54.8 Å². The number of carbonyl (C=O) groups excluding carboxylic acids is 2. The van der Waals surface area contributed by atoms with Crippen LogP contribution >= 0.6 is 7.82 Å². The molecule has 11 nitrogen and oxygen atoms in total. The summed E-state index contributed by atoms with van der Waals surface area (Å²) in [6.07, 6.45) is 39.2. The Balaban J connectivity index is 4.43. The van der Waals surface area contributed by atoms with E-state index in [0.717, 1.165) is 44.9 Å². The fourth-order valence-corrected chi connectivity index (χ4v) is 6.26. The van der Waals surface area contributed by atoms with Gasteiger partial charge in [0.05, 0.1) is 13.2 Å². The van der Waals surface area contributed by atoms with E-state index in [1.165, 1.54) is 96.3 Å². The van der Waals surface area contributed by atoms with Gasteiger partial charge in [-0.2, -0.15) is 0 Å². The van der Waals surface area contributed by atoms with Crippen LogP contribution in [0.5, 0.6) is 0 Å². The van der Waals surface area contributed by atoms with Gasteiger partial charge in [-0.3, -0.25) is 23.4 Å². The largest absolute Gasteiger partial charge is 0.480 e. The number of nitrogens with two attached hydrogens (primary N) is 1. The standard InChI is InChI=1S/C42H76NO10P/c1-3-5-7-9-11-13-15-17-19-21-23-25-27-29-31-33-40(44)50-35-38(36-51-54(48,49)52-37-39(43)42(46)47)53-41(45)34-32-30-28-26-24-22-20-18-16-14-12-10-8-6-4-2/h10,12,17,19,23,25,38-39H,3-9,11,13-16,18,20-22,24,26-37,43H2,1-2H3,(H,46,47)(H,48,49)/b12-10+,19-17+,25-23+/t38-,39+/m1/s1. The van der Waals surface area contributed by atoms with E-state index < -0.39 is 51.1 Å². The predicted molar refractivity (Wildman–Crippen MR) is 217 cm³/mol. The second-order valence-corrected chi connectivity index (χ2v) is 15.6. The van der Waals surface area contributed by atoms with Gasteiger partial charge in [-0.25, -0.2) is 4.57 Å². The first-order chi connectivity index (χ1) is 26.1. The lowest BCUT2D eigenvalue weighted by atomic mass is 10.1. The lowest BCUT2D eigenvalue weighted by molar-refractivity contribution is -0.161. The molecule has 0 saturated heterocycles. The Hall–Kier alpha value is -2.30. The summed E-state index contributed by atoms with van der Waals surface area (Å²) in [4.78, 5) is 45.9. The second-order valence-electron chi connectivity index (χ2n) is 14.1. The minimum atomic E-state index is -4.72. The lowest BCUT2D eigenvalue weighted by Gasteiger charge is -2.20. The van der Waals surface area contributed by atoms with E-state index in [4.69, 9.17) is 24.8 Å². The molecule has 0 aliphatic heterocycles.